The van der Waals surface area contributed by atoms with Crippen LogP contribution < -0.4 is 4.90 Å². The second kappa shape index (κ2) is 5.91. The maximum Gasteiger partial charge on any atom is 0.224 e. The van der Waals surface area contributed by atoms with Crippen LogP contribution in [0.15, 0.2) is 12.4 Å². The topological polar surface area (TPSA) is 29.0 Å². The van der Waals surface area contributed by atoms with Gasteiger partial charge in [-0.25, -0.2) is 9.97 Å². The van der Waals surface area contributed by atoms with Gasteiger partial charge in [-0.2, -0.15) is 0 Å². The first kappa shape index (κ1) is 12.2. The van der Waals surface area contributed by atoms with Gasteiger partial charge in [-0.05, 0) is 12.3 Å². The van der Waals surface area contributed by atoms with E-state index in [9.17, 15) is 0 Å². The minimum Gasteiger partial charge on any atom is -0.344 e. The van der Waals surface area contributed by atoms with Crippen LogP contribution in [0.25, 0.3) is 0 Å². The van der Waals surface area contributed by atoms with E-state index >= 15 is 0 Å². The van der Waals surface area contributed by atoms with E-state index in [0.717, 1.165) is 24.5 Å². The summed E-state index contributed by atoms with van der Waals surface area (Å²) in [6.45, 7) is 5.41. The number of alkyl halides is 1. The highest BCUT2D eigenvalue weighted by Crippen LogP contribution is 2.09. The zero-order chi connectivity index (χ0) is 11.3. The first-order chi connectivity index (χ1) is 7.13. The molecule has 0 atom stereocenters. The Kier molecular flexibility index (Phi) is 4.82. The van der Waals surface area contributed by atoms with Gasteiger partial charge < -0.3 is 4.90 Å². The Hall–Kier alpha value is -0.830. The molecule has 0 aliphatic rings. The quantitative estimate of drug-likeness (QED) is 0.725. The molecule has 0 unspecified atom stereocenters. The van der Waals surface area contributed by atoms with Crippen LogP contribution in [0.4, 0.5) is 5.95 Å². The van der Waals surface area contributed by atoms with Gasteiger partial charge in [-0.15, -0.1) is 11.6 Å². The fourth-order valence-corrected chi connectivity index (χ4v) is 1.30. The second-order valence-electron chi connectivity index (χ2n) is 4.13. The fraction of sp³-hybridized carbons (Fsp3) is 0.636. The third-order valence-electron chi connectivity index (χ3n) is 2.23. The van der Waals surface area contributed by atoms with Gasteiger partial charge in [0.2, 0.25) is 5.95 Å². The highest BCUT2D eigenvalue weighted by molar-refractivity contribution is 6.17. The van der Waals surface area contributed by atoms with Crippen molar-refractivity contribution in [2.24, 2.45) is 5.92 Å². The van der Waals surface area contributed by atoms with Crippen molar-refractivity contribution >= 4 is 17.5 Å². The maximum atomic E-state index is 5.67. The summed E-state index contributed by atoms with van der Waals surface area (Å²) in [6.07, 6.45) is 4.71. The van der Waals surface area contributed by atoms with E-state index in [1.165, 1.54) is 0 Å². The van der Waals surface area contributed by atoms with Crippen molar-refractivity contribution < 1.29 is 0 Å². The molecule has 84 valence electrons. The molecule has 15 heavy (non-hydrogen) atoms. The minimum absolute atomic E-state index is 0.468. The normalized spacial score (nSPS) is 10.7. The van der Waals surface area contributed by atoms with Gasteiger partial charge in [0.1, 0.15) is 0 Å². The summed E-state index contributed by atoms with van der Waals surface area (Å²) in [5.74, 6) is 1.94. The second-order valence-corrected chi connectivity index (χ2v) is 4.40. The third-order valence-corrected chi connectivity index (χ3v) is 2.54. The Morgan fingerprint density at radius 1 is 1.33 bits per heavy atom. The van der Waals surface area contributed by atoms with Crippen LogP contribution in [0.2, 0.25) is 0 Å². The monoisotopic (exact) mass is 227 g/mol. The molecule has 1 rings (SSSR count). The molecule has 1 aromatic heterocycles. The van der Waals surface area contributed by atoms with E-state index in [1.54, 1.807) is 12.4 Å². The Balaban J connectivity index is 2.54. The molecular formula is C11H18ClN3. The molecule has 0 radical (unpaired) electrons. The molecule has 0 spiro atoms. The summed E-state index contributed by atoms with van der Waals surface area (Å²) >= 11 is 5.67. The lowest BCUT2D eigenvalue weighted by atomic mass is 10.1. The lowest BCUT2D eigenvalue weighted by Crippen LogP contribution is -2.22. The zero-order valence-corrected chi connectivity index (χ0v) is 10.3. The molecule has 0 fully saturated rings. The summed E-state index contributed by atoms with van der Waals surface area (Å²) in [5.41, 5.74) is 0.956. The molecule has 0 aliphatic carbocycles. The molecular weight excluding hydrogens is 210 g/mol. The number of anilines is 1. The van der Waals surface area contributed by atoms with Gasteiger partial charge in [-0.1, -0.05) is 13.8 Å². The smallest absolute Gasteiger partial charge is 0.224 e. The Morgan fingerprint density at radius 2 is 1.93 bits per heavy atom. The zero-order valence-electron chi connectivity index (χ0n) is 9.57. The molecule has 0 saturated carbocycles. The number of halogens is 1. The highest BCUT2D eigenvalue weighted by atomic mass is 35.5. The molecule has 0 saturated heterocycles. The highest BCUT2D eigenvalue weighted by Gasteiger charge is 2.04. The number of aromatic nitrogens is 2. The van der Waals surface area contributed by atoms with E-state index in [4.69, 9.17) is 11.6 Å². The van der Waals surface area contributed by atoms with Gasteiger partial charge in [0.25, 0.3) is 0 Å². The number of nitrogens with zero attached hydrogens (tertiary/aromatic N) is 3. The van der Waals surface area contributed by atoms with Crippen molar-refractivity contribution in [1.82, 2.24) is 9.97 Å². The fourth-order valence-electron chi connectivity index (χ4n) is 1.17. The molecule has 0 amide bonds. The van der Waals surface area contributed by atoms with Crippen LogP contribution in [0.1, 0.15) is 25.8 Å². The minimum atomic E-state index is 0.468. The van der Waals surface area contributed by atoms with Gasteiger partial charge in [-0.3, -0.25) is 0 Å². The van der Waals surface area contributed by atoms with Crippen LogP contribution >= 0.6 is 11.6 Å². The molecule has 4 heteroatoms. The van der Waals surface area contributed by atoms with E-state index < -0.39 is 0 Å². The molecule has 0 bridgehead atoms. The average molecular weight is 228 g/mol. The average Bonchev–Trinajstić information content (AvgIpc) is 2.26. The van der Waals surface area contributed by atoms with Crippen molar-refractivity contribution in [2.75, 3.05) is 18.5 Å². The number of hydrogen-bond acceptors (Lipinski definition) is 3. The third kappa shape index (κ3) is 4.04. The van der Waals surface area contributed by atoms with Crippen molar-refractivity contribution in [2.45, 2.75) is 26.1 Å². The van der Waals surface area contributed by atoms with Crippen molar-refractivity contribution in [3.63, 3.8) is 0 Å². The van der Waals surface area contributed by atoms with E-state index in [-0.39, 0.29) is 0 Å². The summed E-state index contributed by atoms with van der Waals surface area (Å²) in [4.78, 5) is 10.6. The maximum absolute atomic E-state index is 5.67. The Bertz CT molecular complexity index is 284. The molecule has 1 heterocycles. The van der Waals surface area contributed by atoms with Crippen LogP contribution in [-0.4, -0.2) is 23.6 Å². The van der Waals surface area contributed by atoms with Crippen molar-refractivity contribution in [3.8, 4) is 0 Å². The Labute approximate surface area is 96.5 Å². The summed E-state index contributed by atoms with van der Waals surface area (Å²) in [6, 6.07) is 0. The van der Waals surface area contributed by atoms with Gasteiger partial charge in [0.05, 0.1) is 5.88 Å². The predicted molar refractivity (Wildman–Crippen MR) is 64.3 cm³/mol. The molecule has 0 N–H and O–H groups in total. The van der Waals surface area contributed by atoms with Crippen molar-refractivity contribution in [1.29, 1.82) is 0 Å². The summed E-state index contributed by atoms with van der Waals surface area (Å²) < 4.78 is 0. The molecule has 1 aromatic rings. The molecule has 0 aromatic carbocycles. The SMILES string of the molecule is CC(C)CCN(C)c1ncc(CCl)cn1. The van der Waals surface area contributed by atoms with Gasteiger partial charge in [0, 0.05) is 31.5 Å². The Morgan fingerprint density at radius 3 is 2.40 bits per heavy atom. The van der Waals surface area contributed by atoms with E-state index in [2.05, 4.69) is 28.7 Å². The lowest BCUT2D eigenvalue weighted by Gasteiger charge is -2.17. The molecule has 0 aliphatic heterocycles. The van der Waals surface area contributed by atoms with E-state index in [0.29, 0.717) is 11.8 Å². The van der Waals surface area contributed by atoms with Crippen LogP contribution in [0, 0.1) is 5.92 Å². The lowest BCUT2D eigenvalue weighted by molar-refractivity contribution is 0.581. The van der Waals surface area contributed by atoms with Crippen LogP contribution in [0.5, 0.6) is 0 Å². The van der Waals surface area contributed by atoms with Gasteiger partial charge in [0.15, 0.2) is 0 Å². The first-order valence-corrected chi connectivity index (χ1v) is 5.75. The van der Waals surface area contributed by atoms with Crippen LogP contribution in [0.3, 0.4) is 0 Å². The summed E-state index contributed by atoms with van der Waals surface area (Å²) in [5, 5.41) is 0. The first-order valence-electron chi connectivity index (χ1n) is 5.21. The van der Waals surface area contributed by atoms with Crippen LogP contribution in [-0.2, 0) is 5.88 Å². The molecule has 3 nitrogen and oxygen atoms in total. The largest absolute Gasteiger partial charge is 0.344 e. The number of rotatable bonds is 5. The summed E-state index contributed by atoms with van der Waals surface area (Å²) in [7, 11) is 2.01. The van der Waals surface area contributed by atoms with Gasteiger partial charge >= 0.3 is 0 Å². The standard InChI is InChI=1S/C11H18ClN3/c1-9(2)4-5-15(3)11-13-7-10(6-12)8-14-11/h7-9H,4-6H2,1-3H3. The predicted octanol–water partition coefficient (Wildman–Crippen LogP) is 2.70. The van der Waals surface area contributed by atoms with E-state index in [1.807, 2.05) is 7.05 Å². The van der Waals surface area contributed by atoms with Crippen molar-refractivity contribution in [3.05, 3.63) is 18.0 Å². The number of hydrogen-bond donors (Lipinski definition) is 0.